The van der Waals surface area contributed by atoms with E-state index in [-0.39, 0.29) is 24.2 Å². The van der Waals surface area contributed by atoms with E-state index in [9.17, 15) is 9.59 Å². The highest BCUT2D eigenvalue weighted by molar-refractivity contribution is 6.10. The SMILES string of the molecule is CC(NC(=O)CC1=C(c2ccccc2)CCC1=O)c1cnn(C)c1. The molecule has 24 heavy (non-hydrogen) atoms. The van der Waals surface area contributed by atoms with Crippen molar-refractivity contribution in [3.63, 3.8) is 0 Å². The molecule has 1 aromatic heterocycles. The summed E-state index contributed by atoms with van der Waals surface area (Å²) in [4.78, 5) is 24.6. The van der Waals surface area contributed by atoms with Crippen LogP contribution in [0.25, 0.3) is 5.57 Å². The number of benzene rings is 1. The van der Waals surface area contributed by atoms with Crippen LogP contribution in [0.5, 0.6) is 0 Å². The maximum absolute atomic E-state index is 12.4. The number of aromatic nitrogens is 2. The molecule has 1 atom stereocenters. The van der Waals surface area contributed by atoms with Gasteiger partial charge in [-0.15, -0.1) is 0 Å². The highest BCUT2D eigenvalue weighted by atomic mass is 16.2. The Morgan fingerprint density at radius 1 is 1.29 bits per heavy atom. The first-order valence-corrected chi connectivity index (χ1v) is 8.13. The number of ketones is 1. The van der Waals surface area contributed by atoms with Crippen LogP contribution in [0.3, 0.4) is 0 Å². The molecular formula is C19H21N3O2. The fraction of sp³-hybridized carbons (Fsp3) is 0.316. The normalized spacial score (nSPS) is 15.7. The number of amides is 1. The molecule has 1 aliphatic rings. The Labute approximate surface area is 141 Å². The number of allylic oxidation sites excluding steroid dienone is 1. The van der Waals surface area contributed by atoms with Crippen molar-refractivity contribution in [1.29, 1.82) is 0 Å². The quantitative estimate of drug-likeness (QED) is 0.920. The van der Waals surface area contributed by atoms with Gasteiger partial charge in [0.15, 0.2) is 5.78 Å². The van der Waals surface area contributed by atoms with Crippen molar-refractivity contribution in [3.05, 3.63) is 59.4 Å². The van der Waals surface area contributed by atoms with Crippen molar-refractivity contribution in [3.8, 4) is 0 Å². The first-order valence-electron chi connectivity index (χ1n) is 8.13. The topological polar surface area (TPSA) is 64.0 Å². The Morgan fingerprint density at radius 3 is 2.71 bits per heavy atom. The van der Waals surface area contributed by atoms with Gasteiger partial charge < -0.3 is 5.32 Å². The lowest BCUT2D eigenvalue weighted by Gasteiger charge is -2.13. The van der Waals surface area contributed by atoms with Crippen molar-refractivity contribution in [2.75, 3.05) is 0 Å². The van der Waals surface area contributed by atoms with Crippen molar-refractivity contribution < 1.29 is 9.59 Å². The molecule has 0 saturated heterocycles. The predicted octanol–water partition coefficient (Wildman–Crippen LogP) is 2.80. The lowest BCUT2D eigenvalue weighted by Crippen LogP contribution is -2.27. The molecule has 124 valence electrons. The summed E-state index contributed by atoms with van der Waals surface area (Å²) in [5.74, 6) is -0.0527. The second-order valence-corrected chi connectivity index (χ2v) is 6.16. The number of hydrogen-bond acceptors (Lipinski definition) is 3. The van der Waals surface area contributed by atoms with Crippen LogP contribution in [0.1, 0.15) is 43.4 Å². The average Bonchev–Trinajstić information content (AvgIpc) is 3.15. The van der Waals surface area contributed by atoms with Gasteiger partial charge in [-0.1, -0.05) is 30.3 Å². The average molecular weight is 323 g/mol. The molecule has 0 bridgehead atoms. The summed E-state index contributed by atoms with van der Waals surface area (Å²) in [5, 5.41) is 7.06. The fourth-order valence-corrected chi connectivity index (χ4v) is 3.07. The number of aryl methyl sites for hydroxylation is 1. The summed E-state index contributed by atoms with van der Waals surface area (Å²) in [6.07, 6.45) is 4.95. The molecule has 0 aliphatic heterocycles. The molecule has 1 unspecified atom stereocenters. The van der Waals surface area contributed by atoms with Gasteiger partial charge >= 0.3 is 0 Å². The lowest BCUT2D eigenvalue weighted by molar-refractivity contribution is -0.122. The Balaban J connectivity index is 1.73. The predicted molar refractivity (Wildman–Crippen MR) is 92.0 cm³/mol. The van der Waals surface area contributed by atoms with Crippen LogP contribution >= 0.6 is 0 Å². The maximum atomic E-state index is 12.4. The zero-order chi connectivity index (χ0) is 17.1. The van der Waals surface area contributed by atoms with E-state index < -0.39 is 0 Å². The third-order valence-corrected chi connectivity index (χ3v) is 4.36. The summed E-state index contributed by atoms with van der Waals surface area (Å²) in [6.45, 7) is 1.91. The summed E-state index contributed by atoms with van der Waals surface area (Å²) >= 11 is 0. The standard InChI is InChI=1S/C19H21N3O2/c1-13(15-11-20-22(2)12-15)21-19(24)10-17-16(8-9-18(17)23)14-6-4-3-5-7-14/h3-7,11-13H,8-10H2,1-2H3,(H,21,24). The van der Waals surface area contributed by atoms with E-state index in [2.05, 4.69) is 10.4 Å². The van der Waals surface area contributed by atoms with Gasteiger partial charge in [0.25, 0.3) is 0 Å². The molecule has 0 saturated carbocycles. The first kappa shape index (κ1) is 16.2. The molecule has 0 radical (unpaired) electrons. The second kappa shape index (κ2) is 6.83. The summed E-state index contributed by atoms with van der Waals surface area (Å²) < 4.78 is 1.70. The molecule has 1 amide bonds. The molecule has 3 rings (SSSR count). The van der Waals surface area contributed by atoms with Crippen molar-refractivity contribution >= 4 is 17.3 Å². The highest BCUT2D eigenvalue weighted by Crippen LogP contribution is 2.33. The van der Waals surface area contributed by atoms with E-state index >= 15 is 0 Å². The van der Waals surface area contributed by atoms with Gasteiger partial charge in [0.1, 0.15) is 0 Å². The Morgan fingerprint density at radius 2 is 2.04 bits per heavy atom. The maximum Gasteiger partial charge on any atom is 0.225 e. The first-order chi connectivity index (χ1) is 11.5. The number of carbonyl (C=O) groups excluding carboxylic acids is 2. The van der Waals surface area contributed by atoms with Crippen LogP contribution in [0.2, 0.25) is 0 Å². The van der Waals surface area contributed by atoms with Gasteiger partial charge in [-0.25, -0.2) is 0 Å². The lowest BCUT2D eigenvalue weighted by atomic mass is 10.00. The van der Waals surface area contributed by atoms with Crippen LogP contribution in [0.4, 0.5) is 0 Å². The minimum atomic E-state index is -0.136. The van der Waals surface area contributed by atoms with E-state index in [1.165, 1.54) is 0 Å². The fourth-order valence-electron chi connectivity index (χ4n) is 3.07. The monoisotopic (exact) mass is 323 g/mol. The van der Waals surface area contributed by atoms with Gasteiger partial charge in [0.05, 0.1) is 18.7 Å². The molecule has 2 aromatic rings. The Kier molecular flexibility index (Phi) is 4.60. The molecule has 1 N–H and O–H groups in total. The second-order valence-electron chi connectivity index (χ2n) is 6.16. The van der Waals surface area contributed by atoms with Gasteiger partial charge in [0, 0.05) is 30.8 Å². The van der Waals surface area contributed by atoms with E-state index in [0.29, 0.717) is 18.4 Å². The van der Waals surface area contributed by atoms with Gasteiger partial charge in [-0.05, 0) is 24.5 Å². The van der Waals surface area contributed by atoms with Crippen LogP contribution in [0.15, 0.2) is 48.3 Å². The Hall–Kier alpha value is -2.69. The molecule has 1 heterocycles. The number of Topliss-reactive ketones (excluding diaryl/α,β-unsaturated/α-hetero) is 1. The van der Waals surface area contributed by atoms with Gasteiger partial charge in [-0.3, -0.25) is 14.3 Å². The van der Waals surface area contributed by atoms with E-state index in [4.69, 9.17) is 0 Å². The minimum Gasteiger partial charge on any atom is -0.349 e. The summed E-state index contributed by atoms with van der Waals surface area (Å²) in [5.41, 5.74) is 3.63. The number of carbonyl (C=O) groups is 2. The zero-order valence-electron chi connectivity index (χ0n) is 14.0. The third kappa shape index (κ3) is 3.45. The number of rotatable bonds is 5. The summed E-state index contributed by atoms with van der Waals surface area (Å²) in [7, 11) is 1.84. The minimum absolute atomic E-state index is 0.0815. The summed E-state index contributed by atoms with van der Waals surface area (Å²) in [6, 6.07) is 9.70. The van der Waals surface area contributed by atoms with Crippen molar-refractivity contribution in [2.45, 2.75) is 32.2 Å². The molecule has 0 spiro atoms. The molecule has 5 heteroatoms. The zero-order valence-corrected chi connectivity index (χ0v) is 14.0. The number of nitrogens with zero attached hydrogens (tertiary/aromatic N) is 2. The largest absolute Gasteiger partial charge is 0.349 e. The number of nitrogens with one attached hydrogen (secondary N) is 1. The van der Waals surface area contributed by atoms with Gasteiger partial charge in [-0.2, -0.15) is 5.10 Å². The Bertz CT molecular complexity index is 790. The van der Waals surface area contributed by atoms with Crippen LogP contribution in [-0.4, -0.2) is 21.5 Å². The smallest absolute Gasteiger partial charge is 0.225 e. The van der Waals surface area contributed by atoms with Crippen molar-refractivity contribution in [2.24, 2.45) is 7.05 Å². The molecule has 5 nitrogen and oxygen atoms in total. The molecule has 1 aromatic carbocycles. The number of hydrogen-bond donors (Lipinski definition) is 1. The highest BCUT2D eigenvalue weighted by Gasteiger charge is 2.26. The van der Waals surface area contributed by atoms with Crippen LogP contribution < -0.4 is 5.32 Å². The van der Waals surface area contributed by atoms with E-state index in [1.807, 2.05) is 50.5 Å². The van der Waals surface area contributed by atoms with E-state index in [1.54, 1.807) is 10.9 Å². The van der Waals surface area contributed by atoms with Crippen LogP contribution in [-0.2, 0) is 16.6 Å². The van der Waals surface area contributed by atoms with Crippen LogP contribution in [0, 0.1) is 0 Å². The third-order valence-electron chi connectivity index (χ3n) is 4.36. The van der Waals surface area contributed by atoms with Gasteiger partial charge in [0.2, 0.25) is 5.91 Å². The molecular weight excluding hydrogens is 302 g/mol. The molecule has 1 aliphatic carbocycles. The molecule has 0 fully saturated rings. The van der Waals surface area contributed by atoms with Crippen molar-refractivity contribution in [1.82, 2.24) is 15.1 Å². The van der Waals surface area contributed by atoms with E-state index in [0.717, 1.165) is 16.7 Å².